The SMILES string of the molecule is COc1cc(CN(C)CCO)cc(OC)c1. The van der Waals surface area contributed by atoms with Crippen LogP contribution < -0.4 is 9.47 Å². The Hall–Kier alpha value is -1.26. The maximum absolute atomic E-state index is 8.83. The molecular weight excluding hydrogens is 206 g/mol. The predicted molar refractivity (Wildman–Crippen MR) is 63.0 cm³/mol. The molecule has 0 unspecified atom stereocenters. The van der Waals surface area contributed by atoms with Crippen LogP contribution in [0.2, 0.25) is 0 Å². The average molecular weight is 225 g/mol. The number of aliphatic hydroxyl groups excluding tert-OH is 1. The molecule has 0 saturated heterocycles. The lowest BCUT2D eigenvalue weighted by molar-refractivity contribution is 0.217. The number of rotatable bonds is 6. The van der Waals surface area contributed by atoms with Crippen molar-refractivity contribution in [1.82, 2.24) is 4.90 Å². The zero-order valence-corrected chi connectivity index (χ0v) is 10.1. The Bertz CT molecular complexity index is 306. The lowest BCUT2D eigenvalue weighted by Crippen LogP contribution is -2.21. The van der Waals surface area contributed by atoms with Crippen molar-refractivity contribution in [2.45, 2.75) is 6.54 Å². The highest BCUT2D eigenvalue weighted by atomic mass is 16.5. The molecule has 0 amide bonds. The van der Waals surface area contributed by atoms with E-state index in [9.17, 15) is 0 Å². The third-order valence-electron chi connectivity index (χ3n) is 2.35. The highest BCUT2D eigenvalue weighted by Gasteiger charge is 2.04. The van der Waals surface area contributed by atoms with E-state index in [1.165, 1.54) is 0 Å². The number of nitrogens with zero attached hydrogens (tertiary/aromatic N) is 1. The number of aliphatic hydroxyl groups is 1. The molecule has 0 atom stereocenters. The largest absolute Gasteiger partial charge is 0.497 e. The van der Waals surface area contributed by atoms with Crippen LogP contribution in [0.15, 0.2) is 18.2 Å². The van der Waals surface area contributed by atoms with Crippen LogP contribution in [0.3, 0.4) is 0 Å². The molecule has 0 heterocycles. The van der Waals surface area contributed by atoms with Crippen molar-refractivity contribution < 1.29 is 14.6 Å². The van der Waals surface area contributed by atoms with Gasteiger partial charge >= 0.3 is 0 Å². The minimum atomic E-state index is 0.164. The molecule has 1 N–H and O–H groups in total. The van der Waals surface area contributed by atoms with E-state index in [2.05, 4.69) is 0 Å². The summed E-state index contributed by atoms with van der Waals surface area (Å²) in [6.45, 7) is 1.57. The zero-order chi connectivity index (χ0) is 12.0. The normalized spacial score (nSPS) is 10.6. The molecule has 0 radical (unpaired) electrons. The minimum absolute atomic E-state index is 0.164. The summed E-state index contributed by atoms with van der Waals surface area (Å²) in [5, 5.41) is 8.83. The summed E-state index contributed by atoms with van der Waals surface area (Å²) in [6, 6.07) is 5.78. The molecule has 16 heavy (non-hydrogen) atoms. The van der Waals surface area contributed by atoms with Crippen LogP contribution in [-0.2, 0) is 6.54 Å². The Kier molecular flexibility index (Phi) is 5.08. The van der Waals surface area contributed by atoms with E-state index >= 15 is 0 Å². The summed E-state index contributed by atoms with van der Waals surface area (Å²) in [6.07, 6.45) is 0. The van der Waals surface area contributed by atoms with Gasteiger partial charge in [-0.05, 0) is 24.7 Å². The van der Waals surface area contributed by atoms with Gasteiger partial charge in [-0.15, -0.1) is 0 Å². The molecule has 90 valence electrons. The Morgan fingerprint density at radius 3 is 2.12 bits per heavy atom. The monoisotopic (exact) mass is 225 g/mol. The fourth-order valence-electron chi connectivity index (χ4n) is 1.52. The number of likely N-dealkylation sites (N-methyl/N-ethyl adjacent to an activating group) is 1. The smallest absolute Gasteiger partial charge is 0.122 e. The van der Waals surface area contributed by atoms with Crippen LogP contribution >= 0.6 is 0 Å². The second-order valence-electron chi connectivity index (χ2n) is 3.68. The minimum Gasteiger partial charge on any atom is -0.497 e. The van der Waals surface area contributed by atoms with Crippen molar-refractivity contribution in [3.05, 3.63) is 23.8 Å². The molecule has 0 saturated carbocycles. The first-order valence-corrected chi connectivity index (χ1v) is 5.21. The third-order valence-corrected chi connectivity index (χ3v) is 2.35. The van der Waals surface area contributed by atoms with E-state index in [0.29, 0.717) is 6.54 Å². The number of methoxy groups -OCH3 is 2. The van der Waals surface area contributed by atoms with Crippen molar-refractivity contribution in [3.8, 4) is 11.5 Å². The summed E-state index contributed by atoms with van der Waals surface area (Å²) < 4.78 is 10.4. The second-order valence-corrected chi connectivity index (χ2v) is 3.68. The zero-order valence-electron chi connectivity index (χ0n) is 10.1. The fourth-order valence-corrected chi connectivity index (χ4v) is 1.52. The first-order valence-electron chi connectivity index (χ1n) is 5.21. The average Bonchev–Trinajstić information content (AvgIpc) is 2.28. The van der Waals surface area contributed by atoms with E-state index in [0.717, 1.165) is 23.6 Å². The van der Waals surface area contributed by atoms with Gasteiger partial charge in [0.2, 0.25) is 0 Å². The Balaban J connectivity index is 2.78. The van der Waals surface area contributed by atoms with Gasteiger partial charge in [0.05, 0.1) is 20.8 Å². The van der Waals surface area contributed by atoms with Gasteiger partial charge in [-0.2, -0.15) is 0 Å². The van der Waals surface area contributed by atoms with Gasteiger partial charge in [0.1, 0.15) is 11.5 Å². The Morgan fingerprint density at radius 2 is 1.69 bits per heavy atom. The summed E-state index contributed by atoms with van der Waals surface area (Å²) >= 11 is 0. The second kappa shape index (κ2) is 6.35. The quantitative estimate of drug-likeness (QED) is 0.788. The van der Waals surface area contributed by atoms with E-state index in [4.69, 9.17) is 14.6 Å². The lowest BCUT2D eigenvalue weighted by Gasteiger charge is -2.16. The molecule has 4 heteroatoms. The highest BCUT2D eigenvalue weighted by Crippen LogP contribution is 2.23. The highest BCUT2D eigenvalue weighted by molar-refractivity contribution is 5.38. The molecule has 0 bridgehead atoms. The van der Waals surface area contributed by atoms with Crippen LogP contribution in [-0.4, -0.2) is 44.4 Å². The summed E-state index contributed by atoms with van der Waals surface area (Å²) in [5.41, 5.74) is 1.10. The number of benzene rings is 1. The Morgan fingerprint density at radius 1 is 1.12 bits per heavy atom. The molecule has 0 fully saturated rings. The van der Waals surface area contributed by atoms with Crippen LogP contribution in [0.5, 0.6) is 11.5 Å². The van der Waals surface area contributed by atoms with Crippen molar-refractivity contribution in [1.29, 1.82) is 0 Å². The topological polar surface area (TPSA) is 41.9 Å². The van der Waals surface area contributed by atoms with Gasteiger partial charge in [-0.1, -0.05) is 0 Å². The standard InChI is InChI=1S/C12H19NO3/c1-13(4-5-14)9-10-6-11(15-2)8-12(7-10)16-3/h6-8,14H,4-5,9H2,1-3H3. The van der Waals surface area contributed by atoms with Gasteiger partial charge in [-0.3, -0.25) is 4.90 Å². The molecule has 0 aromatic heterocycles. The maximum atomic E-state index is 8.83. The first kappa shape index (κ1) is 12.8. The van der Waals surface area contributed by atoms with Crippen molar-refractivity contribution in [3.63, 3.8) is 0 Å². The van der Waals surface area contributed by atoms with Crippen LogP contribution in [0, 0.1) is 0 Å². The number of hydrogen-bond donors (Lipinski definition) is 1. The third kappa shape index (κ3) is 3.72. The predicted octanol–water partition coefficient (Wildman–Crippen LogP) is 1.13. The van der Waals surface area contributed by atoms with Gasteiger partial charge in [0, 0.05) is 19.2 Å². The first-order chi connectivity index (χ1) is 7.69. The summed E-state index contributed by atoms with van der Waals surface area (Å²) in [7, 11) is 5.23. The molecular formula is C12H19NO3. The maximum Gasteiger partial charge on any atom is 0.122 e. The molecule has 0 aliphatic carbocycles. The van der Waals surface area contributed by atoms with Crippen LogP contribution in [0.4, 0.5) is 0 Å². The van der Waals surface area contributed by atoms with Gasteiger partial charge in [0.25, 0.3) is 0 Å². The van der Waals surface area contributed by atoms with E-state index in [1.807, 2.05) is 30.1 Å². The van der Waals surface area contributed by atoms with E-state index in [-0.39, 0.29) is 6.61 Å². The fraction of sp³-hybridized carbons (Fsp3) is 0.500. The number of ether oxygens (including phenoxy) is 2. The van der Waals surface area contributed by atoms with Crippen molar-refractivity contribution >= 4 is 0 Å². The summed E-state index contributed by atoms with van der Waals surface area (Å²) in [5.74, 6) is 1.57. The molecule has 1 rings (SSSR count). The molecule has 0 spiro atoms. The van der Waals surface area contributed by atoms with Crippen LogP contribution in [0.1, 0.15) is 5.56 Å². The van der Waals surface area contributed by atoms with E-state index in [1.54, 1.807) is 14.2 Å². The Labute approximate surface area is 96.4 Å². The van der Waals surface area contributed by atoms with Gasteiger partial charge < -0.3 is 14.6 Å². The molecule has 1 aromatic carbocycles. The van der Waals surface area contributed by atoms with Gasteiger partial charge in [-0.25, -0.2) is 0 Å². The van der Waals surface area contributed by atoms with Gasteiger partial charge in [0.15, 0.2) is 0 Å². The molecule has 4 nitrogen and oxygen atoms in total. The molecule has 1 aromatic rings. The lowest BCUT2D eigenvalue weighted by atomic mass is 10.2. The van der Waals surface area contributed by atoms with Crippen molar-refractivity contribution in [2.24, 2.45) is 0 Å². The number of hydrogen-bond acceptors (Lipinski definition) is 4. The van der Waals surface area contributed by atoms with Crippen LogP contribution in [0.25, 0.3) is 0 Å². The molecule has 0 aliphatic heterocycles. The summed E-state index contributed by atoms with van der Waals surface area (Å²) in [4.78, 5) is 2.04. The molecule has 0 aliphatic rings. The van der Waals surface area contributed by atoms with Crippen molar-refractivity contribution in [2.75, 3.05) is 34.4 Å². The van der Waals surface area contributed by atoms with E-state index < -0.39 is 0 Å².